The number of thioether (sulfide) groups is 1. The molecule has 0 saturated carbocycles. The standard InChI is InChI=1S/C12H13ClN2S2/c13-8-1-2-10-11(5-8)17-12(15-10)6-9-7-16-4-3-14-9/h1-2,5,9,14H,3-4,6-7H2. The van der Waals surface area contributed by atoms with E-state index in [4.69, 9.17) is 11.6 Å². The monoisotopic (exact) mass is 284 g/mol. The van der Waals surface area contributed by atoms with E-state index >= 15 is 0 Å². The molecule has 1 saturated heterocycles. The summed E-state index contributed by atoms with van der Waals surface area (Å²) in [6.45, 7) is 1.12. The minimum Gasteiger partial charge on any atom is -0.312 e. The molecule has 5 heteroatoms. The van der Waals surface area contributed by atoms with Gasteiger partial charge in [-0.15, -0.1) is 11.3 Å². The Hall–Kier alpha value is -0.290. The number of nitrogens with one attached hydrogen (secondary N) is 1. The van der Waals surface area contributed by atoms with Gasteiger partial charge in [-0.25, -0.2) is 4.98 Å². The molecule has 17 heavy (non-hydrogen) atoms. The van der Waals surface area contributed by atoms with Crippen molar-refractivity contribution in [3.63, 3.8) is 0 Å². The molecule has 3 rings (SSSR count). The number of rotatable bonds is 2. The summed E-state index contributed by atoms with van der Waals surface area (Å²) >= 11 is 9.77. The Kier molecular flexibility index (Phi) is 3.56. The highest BCUT2D eigenvalue weighted by molar-refractivity contribution is 7.99. The van der Waals surface area contributed by atoms with Crippen molar-refractivity contribution in [2.45, 2.75) is 12.5 Å². The van der Waals surface area contributed by atoms with Gasteiger partial charge in [-0.05, 0) is 18.2 Å². The SMILES string of the molecule is Clc1ccc2nc(CC3CSCCN3)sc2c1. The summed E-state index contributed by atoms with van der Waals surface area (Å²) in [4.78, 5) is 4.66. The molecule has 0 bridgehead atoms. The van der Waals surface area contributed by atoms with Crippen molar-refractivity contribution in [1.29, 1.82) is 0 Å². The van der Waals surface area contributed by atoms with Gasteiger partial charge in [0.1, 0.15) is 0 Å². The minimum atomic E-state index is 0.574. The van der Waals surface area contributed by atoms with Gasteiger partial charge < -0.3 is 5.32 Å². The minimum absolute atomic E-state index is 0.574. The van der Waals surface area contributed by atoms with E-state index in [-0.39, 0.29) is 0 Å². The van der Waals surface area contributed by atoms with Crippen LogP contribution in [0.2, 0.25) is 5.02 Å². The Balaban J connectivity index is 1.80. The topological polar surface area (TPSA) is 24.9 Å². The van der Waals surface area contributed by atoms with E-state index in [1.807, 2.05) is 30.0 Å². The molecule has 2 nitrogen and oxygen atoms in total. The molecular formula is C12H13ClN2S2. The maximum Gasteiger partial charge on any atom is 0.0954 e. The largest absolute Gasteiger partial charge is 0.312 e. The van der Waals surface area contributed by atoms with Crippen LogP contribution in [0.3, 0.4) is 0 Å². The first kappa shape index (κ1) is 11.8. The Morgan fingerprint density at radius 3 is 3.24 bits per heavy atom. The fourth-order valence-electron chi connectivity index (χ4n) is 2.00. The van der Waals surface area contributed by atoms with Crippen molar-refractivity contribution in [1.82, 2.24) is 10.3 Å². The highest BCUT2D eigenvalue weighted by Gasteiger charge is 2.15. The summed E-state index contributed by atoms with van der Waals surface area (Å²) in [5.74, 6) is 2.42. The molecule has 2 aromatic rings. The summed E-state index contributed by atoms with van der Waals surface area (Å²) in [6.07, 6.45) is 1.03. The van der Waals surface area contributed by atoms with Crippen LogP contribution < -0.4 is 5.32 Å². The molecule has 1 aromatic heterocycles. The number of hydrogen-bond acceptors (Lipinski definition) is 4. The lowest BCUT2D eigenvalue weighted by molar-refractivity contribution is 0.562. The fraction of sp³-hybridized carbons (Fsp3) is 0.417. The molecule has 1 aliphatic heterocycles. The summed E-state index contributed by atoms with van der Waals surface area (Å²) < 4.78 is 1.19. The van der Waals surface area contributed by atoms with E-state index in [9.17, 15) is 0 Å². The number of aromatic nitrogens is 1. The van der Waals surface area contributed by atoms with Crippen molar-refractivity contribution >= 4 is 44.9 Å². The van der Waals surface area contributed by atoms with Crippen LogP contribution in [0.25, 0.3) is 10.2 Å². The summed E-state index contributed by atoms with van der Waals surface area (Å²) in [5.41, 5.74) is 1.07. The molecule has 1 N–H and O–H groups in total. The summed E-state index contributed by atoms with van der Waals surface area (Å²) in [6, 6.07) is 6.48. The van der Waals surface area contributed by atoms with Gasteiger partial charge in [0.05, 0.1) is 15.2 Å². The zero-order chi connectivity index (χ0) is 11.7. The van der Waals surface area contributed by atoms with E-state index in [2.05, 4.69) is 10.3 Å². The van der Waals surface area contributed by atoms with Gasteiger partial charge >= 0.3 is 0 Å². The molecule has 0 amide bonds. The lowest BCUT2D eigenvalue weighted by Gasteiger charge is -2.21. The number of nitrogens with zero attached hydrogens (tertiary/aromatic N) is 1. The van der Waals surface area contributed by atoms with Gasteiger partial charge in [-0.1, -0.05) is 11.6 Å². The number of halogens is 1. The van der Waals surface area contributed by atoms with Gasteiger partial charge in [0, 0.05) is 35.5 Å². The van der Waals surface area contributed by atoms with Crippen LogP contribution in [0.15, 0.2) is 18.2 Å². The lowest BCUT2D eigenvalue weighted by Crippen LogP contribution is -2.38. The van der Waals surface area contributed by atoms with Crippen LogP contribution in [-0.4, -0.2) is 29.1 Å². The number of thiazole rings is 1. The predicted molar refractivity (Wildman–Crippen MR) is 77.4 cm³/mol. The molecule has 1 aliphatic rings. The van der Waals surface area contributed by atoms with Crippen LogP contribution in [0.1, 0.15) is 5.01 Å². The third-order valence-corrected chi connectivity index (χ3v) is 5.22. The zero-order valence-electron chi connectivity index (χ0n) is 9.28. The second-order valence-corrected chi connectivity index (χ2v) is 6.85. The maximum absolute atomic E-state index is 5.98. The van der Waals surface area contributed by atoms with Crippen molar-refractivity contribution in [2.75, 3.05) is 18.1 Å². The van der Waals surface area contributed by atoms with Crippen molar-refractivity contribution in [3.05, 3.63) is 28.2 Å². The molecule has 0 radical (unpaired) electrons. The first-order chi connectivity index (χ1) is 8.31. The van der Waals surface area contributed by atoms with Crippen molar-refractivity contribution in [2.24, 2.45) is 0 Å². The quantitative estimate of drug-likeness (QED) is 0.917. The van der Waals surface area contributed by atoms with Crippen molar-refractivity contribution in [3.8, 4) is 0 Å². The Morgan fingerprint density at radius 2 is 2.41 bits per heavy atom. The number of benzene rings is 1. The molecule has 1 atom stereocenters. The molecule has 0 spiro atoms. The first-order valence-corrected chi connectivity index (χ1v) is 8.02. The average molecular weight is 285 g/mol. The smallest absolute Gasteiger partial charge is 0.0954 e. The maximum atomic E-state index is 5.98. The van der Waals surface area contributed by atoms with Crippen LogP contribution >= 0.6 is 34.7 Å². The second kappa shape index (κ2) is 5.14. The van der Waals surface area contributed by atoms with E-state index in [1.54, 1.807) is 11.3 Å². The molecule has 1 fully saturated rings. The van der Waals surface area contributed by atoms with Crippen LogP contribution in [0.5, 0.6) is 0 Å². The van der Waals surface area contributed by atoms with E-state index in [0.717, 1.165) is 23.5 Å². The fourth-order valence-corrected chi connectivity index (χ4v) is 4.27. The van der Waals surface area contributed by atoms with Crippen molar-refractivity contribution < 1.29 is 0 Å². The Bertz CT molecular complexity index is 520. The molecule has 1 unspecified atom stereocenters. The third kappa shape index (κ3) is 2.76. The van der Waals surface area contributed by atoms with Gasteiger partial charge in [0.15, 0.2) is 0 Å². The lowest BCUT2D eigenvalue weighted by atomic mass is 10.2. The normalized spacial score (nSPS) is 20.9. The summed E-state index contributed by atoms with van der Waals surface area (Å²) in [5, 5.41) is 5.54. The second-order valence-electron chi connectivity index (χ2n) is 4.15. The van der Waals surface area contributed by atoms with E-state index in [1.165, 1.54) is 21.2 Å². The predicted octanol–water partition coefficient (Wildman–Crippen LogP) is 3.20. The highest BCUT2D eigenvalue weighted by atomic mass is 35.5. The third-order valence-electron chi connectivity index (χ3n) is 2.81. The zero-order valence-corrected chi connectivity index (χ0v) is 11.7. The molecule has 0 aliphatic carbocycles. The van der Waals surface area contributed by atoms with Gasteiger partial charge in [0.2, 0.25) is 0 Å². The van der Waals surface area contributed by atoms with Gasteiger partial charge in [-0.3, -0.25) is 0 Å². The Morgan fingerprint density at radius 1 is 1.47 bits per heavy atom. The van der Waals surface area contributed by atoms with Gasteiger partial charge in [-0.2, -0.15) is 11.8 Å². The number of fused-ring (bicyclic) bond motifs is 1. The van der Waals surface area contributed by atoms with E-state index in [0.29, 0.717) is 6.04 Å². The van der Waals surface area contributed by atoms with Crippen LogP contribution in [0, 0.1) is 0 Å². The van der Waals surface area contributed by atoms with Crippen LogP contribution in [0.4, 0.5) is 0 Å². The summed E-state index contributed by atoms with van der Waals surface area (Å²) in [7, 11) is 0. The van der Waals surface area contributed by atoms with E-state index < -0.39 is 0 Å². The molecule has 2 heterocycles. The highest BCUT2D eigenvalue weighted by Crippen LogP contribution is 2.26. The van der Waals surface area contributed by atoms with Crippen LogP contribution in [-0.2, 0) is 6.42 Å². The average Bonchev–Trinajstić information content (AvgIpc) is 2.71. The molecule has 90 valence electrons. The molecular weight excluding hydrogens is 272 g/mol. The number of hydrogen-bond donors (Lipinski definition) is 1. The van der Waals surface area contributed by atoms with Gasteiger partial charge in [0.25, 0.3) is 0 Å². The first-order valence-electron chi connectivity index (χ1n) is 5.67. The molecule has 1 aromatic carbocycles. The Labute approximate surface area is 114 Å².